The van der Waals surface area contributed by atoms with E-state index >= 15 is 0 Å². The Balaban J connectivity index is 1.84. The van der Waals surface area contributed by atoms with Gasteiger partial charge in [-0.25, -0.2) is 0 Å². The summed E-state index contributed by atoms with van der Waals surface area (Å²) in [6.45, 7) is 6.05. The topological polar surface area (TPSA) is 62.3 Å². The van der Waals surface area contributed by atoms with Gasteiger partial charge in [0.25, 0.3) is 0 Å². The SMILES string of the molecule is Cc1cncc(NC(=O)C(=O)N2C(c3ccccc3)CC[C@H](C)[C@H]2C)c1. The number of carbonyl (C=O) groups is 2. The fraction of sp³-hybridized carbons (Fsp3) is 0.381. The quantitative estimate of drug-likeness (QED) is 0.839. The van der Waals surface area contributed by atoms with Crippen LogP contribution in [0.15, 0.2) is 48.8 Å². The number of aryl methyl sites for hydroxylation is 1. The number of piperidine rings is 1. The number of anilines is 1. The first-order chi connectivity index (χ1) is 12.5. The summed E-state index contributed by atoms with van der Waals surface area (Å²) in [6, 6.07) is 11.7. The van der Waals surface area contributed by atoms with E-state index in [1.54, 1.807) is 23.4 Å². The first-order valence-electron chi connectivity index (χ1n) is 9.07. The number of rotatable bonds is 2. The Morgan fingerprint density at radius 2 is 1.85 bits per heavy atom. The van der Waals surface area contributed by atoms with Gasteiger partial charge < -0.3 is 10.2 Å². The number of benzene rings is 1. The molecular formula is C21H25N3O2. The summed E-state index contributed by atoms with van der Waals surface area (Å²) < 4.78 is 0. The molecule has 2 heterocycles. The molecule has 2 aromatic rings. The predicted molar refractivity (Wildman–Crippen MR) is 101 cm³/mol. The van der Waals surface area contributed by atoms with Crippen molar-refractivity contribution in [3.8, 4) is 0 Å². The highest BCUT2D eigenvalue weighted by Crippen LogP contribution is 2.37. The van der Waals surface area contributed by atoms with Crippen molar-refractivity contribution < 1.29 is 9.59 Å². The van der Waals surface area contributed by atoms with Crippen LogP contribution in [0.4, 0.5) is 5.69 Å². The minimum Gasteiger partial charge on any atom is -0.324 e. The lowest BCUT2D eigenvalue weighted by Crippen LogP contribution is -2.51. The summed E-state index contributed by atoms with van der Waals surface area (Å²) in [5, 5.41) is 2.69. The normalized spacial score (nSPS) is 22.7. The largest absolute Gasteiger partial charge is 0.324 e. The Hall–Kier alpha value is -2.69. The summed E-state index contributed by atoms with van der Waals surface area (Å²) in [7, 11) is 0. The molecule has 3 atom stereocenters. The van der Waals surface area contributed by atoms with E-state index in [9.17, 15) is 9.59 Å². The van der Waals surface area contributed by atoms with E-state index in [-0.39, 0.29) is 12.1 Å². The van der Waals surface area contributed by atoms with Crippen molar-refractivity contribution in [2.75, 3.05) is 5.32 Å². The Bertz CT molecular complexity index is 791. The van der Waals surface area contributed by atoms with E-state index in [2.05, 4.69) is 17.2 Å². The van der Waals surface area contributed by atoms with E-state index < -0.39 is 11.8 Å². The summed E-state index contributed by atoms with van der Waals surface area (Å²) in [5.74, 6) is -0.744. The van der Waals surface area contributed by atoms with Crippen LogP contribution >= 0.6 is 0 Å². The Labute approximate surface area is 154 Å². The second-order valence-corrected chi connectivity index (χ2v) is 7.14. The zero-order chi connectivity index (χ0) is 18.7. The molecule has 1 aliphatic heterocycles. The molecule has 1 aromatic heterocycles. The number of pyridine rings is 1. The van der Waals surface area contributed by atoms with Crippen LogP contribution in [0, 0.1) is 12.8 Å². The van der Waals surface area contributed by atoms with Gasteiger partial charge in [0, 0.05) is 12.2 Å². The fourth-order valence-corrected chi connectivity index (χ4v) is 3.61. The van der Waals surface area contributed by atoms with Gasteiger partial charge in [0.05, 0.1) is 17.9 Å². The maximum absolute atomic E-state index is 13.0. The van der Waals surface area contributed by atoms with Gasteiger partial charge in [0.15, 0.2) is 0 Å². The van der Waals surface area contributed by atoms with E-state index in [4.69, 9.17) is 0 Å². The van der Waals surface area contributed by atoms with Crippen molar-refractivity contribution in [1.29, 1.82) is 0 Å². The highest BCUT2D eigenvalue weighted by molar-refractivity contribution is 6.39. The first-order valence-corrected chi connectivity index (χ1v) is 9.07. The molecule has 1 unspecified atom stereocenters. The van der Waals surface area contributed by atoms with Crippen molar-refractivity contribution >= 4 is 17.5 Å². The zero-order valence-electron chi connectivity index (χ0n) is 15.5. The highest BCUT2D eigenvalue weighted by atomic mass is 16.2. The molecule has 0 radical (unpaired) electrons. The van der Waals surface area contributed by atoms with Crippen molar-refractivity contribution in [2.24, 2.45) is 5.92 Å². The number of likely N-dealkylation sites (tertiary alicyclic amines) is 1. The molecule has 0 bridgehead atoms. The number of amides is 2. The lowest BCUT2D eigenvalue weighted by atomic mass is 9.84. The van der Waals surface area contributed by atoms with Crippen molar-refractivity contribution in [1.82, 2.24) is 9.88 Å². The van der Waals surface area contributed by atoms with E-state index in [1.807, 2.05) is 44.2 Å². The molecule has 3 rings (SSSR count). The second-order valence-electron chi connectivity index (χ2n) is 7.14. The molecule has 1 aliphatic rings. The maximum atomic E-state index is 13.0. The van der Waals surface area contributed by atoms with Gasteiger partial charge in [-0.1, -0.05) is 37.3 Å². The van der Waals surface area contributed by atoms with Crippen LogP contribution in [0.5, 0.6) is 0 Å². The van der Waals surface area contributed by atoms with Crippen LogP contribution in [-0.4, -0.2) is 27.7 Å². The fourth-order valence-electron chi connectivity index (χ4n) is 3.61. The van der Waals surface area contributed by atoms with Gasteiger partial charge in [-0.2, -0.15) is 0 Å². The van der Waals surface area contributed by atoms with Gasteiger partial charge >= 0.3 is 11.8 Å². The average molecular weight is 351 g/mol. The van der Waals surface area contributed by atoms with Crippen molar-refractivity contribution in [3.63, 3.8) is 0 Å². The van der Waals surface area contributed by atoms with E-state index in [0.717, 1.165) is 24.0 Å². The number of nitrogens with zero attached hydrogens (tertiary/aromatic N) is 2. The molecule has 0 aliphatic carbocycles. The average Bonchev–Trinajstić information content (AvgIpc) is 2.64. The molecule has 1 N–H and O–H groups in total. The standard InChI is InChI=1S/C21H25N3O2/c1-14-11-18(13-22-12-14)23-20(25)21(26)24-16(3)15(2)9-10-19(24)17-7-5-4-6-8-17/h4-8,11-13,15-16,19H,9-10H2,1-3H3,(H,23,25)/t15-,16+,19?/m0/s1. The van der Waals surface area contributed by atoms with Gasteiger partial charge in [-0.3, -0.25) is 14.6 Å². The van der Waals surface area contributed by atoms with Crippen LogP contribution in [0.1, 0.15) is 43.9 Å². The smallest absolute Gasteiger partial charge is 0.313 e. The lowest BCUT2D eigenvalue weighted by molar-refractivity contribution is -0.149. The summed E-state index contributed by atoms with van der Waals surface area (Å²) >= 11 is 0. The number of hydrogen-bond acceptors (Lipinski definition) is 3. The number of nitrogens with one attached hydrogen (secondary N) is 1. The molecular weight excluding hydrogens is 326 g/mol. The minimum absolute atomic E-state index is 0.00263. The molecule has 5 heteroatoms. The number of hydrogen-bond donors (Lipinski definition) is 1. The van der Waals surface area contributed by atoms with E-state index in [1.165, 1.54) is 0 Å². The van der Waals surface area contributed by atoms with Gasteiger partial charge in [0.2, 0.25) is 0 Å². The predicted octanol–water partition coefficient (Wildman–Crippen LogP) is 3.72. The third-order valence-electron chi connectivity index (χ3n) is 5.24. The maximum Gasteiger partial charge on any atom is 0.313 e. The third-order valence-corrected chi connectivity index (χ3v) is 5.24. The van der Waals surface area contributed by atoms with Gasteiger partial charge in [0.1, 0.15) is 0 Å². The third kappa shape index (κ3) is 3.77. The molecule has 1 fully saturated rings. The van der Waals surface area contributed by atoms with Crippen LogP contribution < -0.4 is 5.32 Å². The second kappa shape index (κ2) is 7.68. The van der Waals surface area contributed by atoms with Crippen molar-refractivity contribution in [2.45, 2.75) is 45.7 Å². The Morgan fingerprint density at radius 3 is 2.54 bits per heavy atom. The minimum atomic E-state index is -0.612. The van der Waals surface area contributed by atoms with Crippen molar-refractivity contribution in [3.05, 3.63) is 59.9 Å². The molecule has 1 saturated heterocycles. The van der Waals surface area contributed by atoms with Gasteiger partial charge in [-0.15, -0.1) is 0 Å². The first kappa shape index (κ1) is 18.1. The van der Waals surface area contributed by atoms with E-state index in [0.29, 0.717) is 11.6 Å². The Morgan fingerprint density at radius 1 is 1.12 bits per heavy atom. The van der Waals surface area contributed by atoms with Gasteiger partial charge in [-0.05, 0) is 49.8 Å². The zero-order valence-corrected chi connectivity index (χ0v) is 15.5. The highest BCUT2D eigenvalue weighted by Gasteiger charge is 2.38. The molecule has 0 saturated carbocycles. The number of carbonyl (C=O) groups excluding carboxylic acids is 2. The van der Waals surface area contributed by atoms with Crippen LogP contribution in [-0.2, 0) is 9.59 Å². The molecule has 136 valence electrons. The summed E-state index contributed by atoms with van der Waals surface area (Å²) in [6.07, 6.45) is 5.15. The molecule has 2 amide bonds. The molecule has 0 spiro atoms. The molecule has 26 heavy (non-hydrogen) atoms. The van der Waals surface area contributed by atoms with Crippen LogP contribution in [0.25, 0.3) is 0 Å². The molecule has 1 aromatic carbocycles. The lowest BCUT2D eigenvalue weighted by Gasteiger charge is -2.44. The monoisotopic (exact) mass is 351 g/mol. The number of aromatic nitrogens is 1. The summed E-state index contributed by atoms with van der Waals surface area (Å²) in [4.78, 5) is 31.5. The Kier molecular flexibility index (Phi) is 5.35. The molecule has 5 nitrogen and oxygen atoms in total. The summed E-state index contributed by atoms with van der Waals surface area (Å²) in [5.41, 5.74) is 2.54. The van der Waals surface area contributed by atoms with Crippen LogP contribution in [0.2, 0.25) is 0 Å². The van der Waals surface area contributed by atoms with Crippen LogP contribution in [0.3, 0.4) is 0 Å².